The van der Waals surface area contributed by atoms with Crippen LogP contribution in [0.3, 0.4) is 0 Å². The number of hydrogen-bond acceptors (Lipinski definition) is 3. The summed E-state index contributed by atoms with van der Waals surface area (Å²) in [5.41, 5.74) is -1.85. The Morgan fingerprint density at radius 2 is 2.41 bits per heavy atom. The van der Waals surface area contributed by atoms with Gasteiger partial charge in [0, 0.05) is 13.2 Å². The van der Waals surface area contributed by atoms with Gasteiger partial charge in [0.15, 0.2) is 0 Å². The van der Waals surface area contributed by atoms with Crippen LogP contribution in [-0.4, -0.2) is 44.4 Å². The van der Waals surface area contributed by atoms with Crippen molar-refractivity contribution < 1.29 is 13.9 Å². The SMILES string of the molecule is CC(C)(F)CNC(=O)[C@]12CNC[C@H]1CCOC2. The first kappa shape index (κ1) is 12.8. The van der Waals surface area contributed by atoms with Crippen molar-refractivity contribution in [3.8, 4) is 0 Å². The van der Waals surface area contributed by atoms with E-state index in [4.69, 9.17) is 4.74 Å². The normalized spacial score (nSPS) is 33.2. The Labute approximate surface area is 101 Å². The lowest BCUT2D eigenvalue weighted by Gasteiger charge is -2.37. The van der Waals surface area contributed by atoms with Crippen LogP contribution in [0.1, 0.15) is 20.3 Å². The van der Waals surface area contributed by atoms with Gasteiger partial charge in [-0.05, 0) is 32.7 Å². The molecule has 4 nitrogen and oxygen atoms in total. The second-order valence-electron chi connectivity index (χ2n) is 5.73. The molecule has 2 heterocycles. The standard InChI is InChI=1S/C12H21FN2O2/c1-11(2,13)6-15-10(16)12-7-14-5-9(12)3-4-17-8-12/h9,14H,3-8H2,1-2H3,(H,15,16)/t9-,12+/m1/s1. The van der Waals surface area contributed by atoms with Crippen LogP contribution in [-0.2, 0) is 9.53 Å². The van der Waals surface area contributed by atoms with E-state index in [0.717, 1.165) is 19.6 Å². The molecule has 0 aliphatic carbocycles. The van der Waals surface area contributed by atoms with E-state index in [1.54, 1.807) is 0 Å². The maximum Gasteiger partial charge on any atom is 0.230 e. The zero-order chi connectivity index (χ0) is 12.5. The van der Waals surface area contributed by atoms with E-state index in [1.165, 1.54) is 13.8 Å². The molecule has 5 heteroatoms. The van der Waals surface area contributed by atoms with E-state index in [1.807, 2.05) is 0 Å². The van der Waals surface area contributed by atoms with Crippen LogP contribution in [0.15, 0.2) is 0 Å². The van der Waals surface area contributed by atoms with E-state index in [2.05, 4.69) is 10.6 Å². The molecular formula is C12H21FN2O2. The summed E-state index contributed by atoms with van der Waals surface area (Å²) in [6.07, 6.45) is 0.902. The molecule has 0 aromatic carbocycles. The first-order chi connectivity index (χ1) is 7.94. The highest BCUT2D eigenvalue weighted by Gasteiger charge is 2.50. The molecule has 2 fully saturated rings. The van der Waals surface area contributed by atoms with Crippen molar-refractivity contribution in [1.82, 2.24) is 10.6 Å². The predicted molar refractivity (Wildman–Crippen MR) is 62.4 cm³/mol. The molecule has 2 atom stereocenters. The van der Waals surface area contributed by atoms with Gasteiger partial charge in [-0.1, -0.05) is 0 Å². The highest BCUT2D eigenvalue weighted by Crippen LogP contribution is 2.37. The van der Waals surface area contributed by atoms with E-state index < -0.39 is 11.1 Å². The summed E-state index contributed by atoms with van der Waals surface area (Å²) in [6.45, 7) is 5.64. The molecule has 98 valence electrons. The Bertz CT molecular complexity index is 303. The van der Waals surface area contributed by atoms with Crippen molar-refractivity contribution in [1.29, 1.82) is 0 Å². The molecule has 0 unspecified atom stereocenters. The fraction of sp³-hybridized carbons (Fsp3) is 0.917. The van der Waals surface area contributed by atoms with E-state index >= 15 is 0 Å². The van der Waals surface area contributed by atoms with Gasteiger partial charge in [0.25, 0.3) is 0 Å². The van der Waals surface area contributed by atoms with Gasteiger partial charge in [-0.3, -0.25) is 4.79 Å². The summed E-state index contributed by atoms with van der Waals surface area (Å²) in [5.74, 6) is 0.247. The van der Waals surface area contributed by atoms with Gasteiger partial charge >= 0.3 is 0 Å². The average Bonchev–Trinajstić information content (AvgIpc) is 2.69. The number of rotatable bonds is 3. The summed E-state index contributed by atoms with van der Waals surface area (Å²) in [6, 6.07) is 0. The second kappa shape index (κ2) is 4.53. The van der Waals surface area contributed by atoms with Crippen molar-refractivity contribution in [2.45, 2.75) is 25.9 Å². The zero-order valence-corrected chi connectivity index (χ0v) is 10.5. The van der Waals surface area contributed by atoms with Crippen molar-refractivity contribution in [3.05, 3.63) is 0 Å². The topological polar surface area (TPSA) is 50.4 Å². The van der Waals surface area contributed by atoms with E-state index in [9.17, 15) is 9.18 Å². The molecule has 2 aliphatic heterocycles. The number of halogens is 1. The number of carbonyl (C=O) groups excluding carboxylic acids is 1. The highest BCUT2D eigenvalue weighted by molar-refractivity contribution is 5.84. The zero-order valence-electron chi connectivity index (χ0n) is 10.5. The lowest BCUT2D eigenvalue weighted by Crippen LogP contribution is -2.53. The van der Waals surface area contributed by atoms with Crippen LogP contribution in [0, 0.1) is 11.3 Å². The van der Waals surface area contributed by atoms with Crippen molar-refractivity contribution in [2.75, 3.05) is 32.8 Å². The Kier molecular flexibility index (Phi) is 3.41. The Balaban J connectivity index is 2.01. The molecule has 0 saturated carbocycles. The van der Waals surface area contributed by atoms with Gasteiger partial charge in [-0.2, -0.15) is 0 Å². The van der Waals surface area contributed by atoms with Gasteiger partial charge in [-0.15, -0.1) is 0 Å². The molecule has 0 radical (unpaired) electrons. The molecule has 0 bridgehead atoms. The predicted octanol–water partition coefficient (Wildman–Crippen LogP) is 0.477. The summed E-state index contributed by atoms with van der Waals surface area (Å²) in [7, 11) is 0. The molecule has 2 N–H and O–H groups in total. The lowest BCUT2D eigenvalue weighted by atomic mass is 9.75. The first-order valence-corrected chi connectivity index (χ1v) is 6.20. The number of hydrogen-bond donors (Lipinski definition) is 2. The molecule has 1 amide bonds. The summed E-state index contributed by atoms with van der Waals surface area (Å²) < 4.78 is 18.8. The number of alkyl halides is 1. The van der Waals surface area contributed by atoms with Crippen LogP contribution in [0.25, 0.3) is 0 Å². The molecule has 0 aromatic rings. The van der Waals surface area contributed by atoms with Crippen LogP contribution < -0.4 is 10.6 Å². The van der Waals surface area contributed by atoms with E-state index in [0.29, 0.717) is 19.1 Å². The number of carbonyl (C=O) groups is 1. The Morgan fingerprint density at radius 3 is 3.12 bits per heavy atom. The fourth-order valence-electron chi connectivity index (χ4n) is 2.63. The maximum absolute atomic E-state index is 13.4. The van der Waals surface area contributed by atoms with Gasteiger partial charge in [0.1, 0.15) is 5.67 Å². The molecule has 2 rings (SSSR count). The minimum absolute atomic E-state index is 0.0559. The third-order valence-corrected chi connectivity index (χ3v) is 3.70. The summed E-state index contributed by atoms with van der Waals surface area (Å²) in [4.78, 5) is 12.3. The van der Waals surface area contributed by atoms with Crippen LogP contribution in [0.4, 0.5) is 4.39 Å². The monoisotopic (exact) mass is 244 g/mol. The Hall–Kier alpha value is -0.680. The minimum Gasteiger partial charge on any atom is -0.380 e. The molecule has 2 aliphatic rings. The first-order valence-electron chi connectivity index (χ1n) is 6.20. The molecular weight excluding hydrogens is 223 g/mol. The van der Waals surface area contributed by atoms with Gasteiger partial charge in [0.05, 0.1) is 18.6 Å². The fourth-order valence-corrected chi connectivity index (χ4v) is 2.63. The van der Waals surface area contributed by atoms with Gasteiger partial charge in [-0.25, -0.2) is 4.39 Å². The largest absolute Gasteiger partial charge is 0.380 e. The smallest absolute Gasteiger partial charge is 0.230 e. The lowest BCUT2D eigenvalue weighted by molar-refractivity contribution is -0.141. The summed E-state index contributed by atoms with van der Waals surface area (Å²) in [5, 5.41) is 5.97. The molecule has 0 spiro atoms. The third kappa shape index (κ3) is 2.60. The number of fused-ring (bicyclic) bond motifs is 1. The van der Waals surface area contributed by atoms with Crippen LogP contribution >= 0.6 is 0 Å². The van der Waals surface area contributed by atoms with E-state index in [-0.39, 0.29) is 12.5 Å². The number of ether oxygens (including phenoxy) is 1. The minimum atomic E-state index is -1.37. The van der Waals surface area contributed by atoms with Crippen molar-refractivity contribution in [2.24, 2.45) is 11.3 Å². The number of nitrogens with one attached hydrogen (secondary N) is 2. The van der Waals surface area contributed by atoms with Gasteiger partial charge in [0.2, 0.25) is 5.91 Å². The summed E-state index contributed by atoms with van der Waals surface area (Å²) >= 11 is 0. The maximum atomic E-state index is 13.4. The quantitative estimate of drug-likeness (QED) is 0.759. The van der Waals surface area contributed by atoms with Crippen LogP contribution in [0.2, 0.25) is 0 Å². The molecule has 17 heavy (non-hydrogen) atoms. The van der Waals surface area contributed by atoms with Crippen molar-refractivity contribution >= 4 is 5.91 Å². The average molecular weight is 244 g/mol. The number of amides is 1. The third-order valence-electron chi connectivity index (χ3n) is 3.70. The van der Waals surface area contributed by atoms with Gasteiger partial charge < -0.3 is 15.4 Å². The second-order valence-corrected chi connectivity index (χ2v) is 5.73. The molecule has 2 saturated heterocycles. The highest BCUT2D eigenvalue weighted by atomic mass is 19.1. The Morgan fingerprint density at radius 1 is 1.65 bits per heavy atom. The van der Waals surface area contributed by atoms with Crippen LogP contribution in [0.5, 0.6) is 0 Å². The molecule has 0 aromatic heterocycles. The van der Waals surface area contributed by atoms with Crippen molar-refractivity contribution in [3.63, 3.8) is 0 Å².